The zero-order valence-corrected chi connectivity index (χ0v) is 9.31. The van der Waals surface area contributed by atoms with Crippen LogP contribution < -0.4 is 10.6 Å². The van der Waals surface area contributed by atoms with Gasteiger partial charge >= 0.3 is 0 Å². The van der Waals surface area contributed by atoms with Crippen LogP contribution in [0.5, 0.6) is 0 Å². The maximum absolute atomic E-state index is 5.42. The second-order valence-electron chi connectivity index (χ2n) is 5.14. The van der Waals surface area contributed by atoms with Crippen molar-refractivity contribution >= 4 is 0 Å². The highest BCUT2D eigenvalue weighted by atomic mass is 16.5. The van der Waals surface area contributed by atoms with Crippen LogP contribution in [0.1, 0.15) is 20.3 Å². The van der Waals surface area contributed by atoms with Crippen molar-refractivity contribution in [3.05, 3.63) is 0 Å². The quantitative estimate of drug-likeness (QED) is 0.697. The van der Waals surface area contributed by atoms with E-state index in [-0.39, 0.29) is 5.54 Å². The summed E-state index contributed by atoms with van der Waals surface area (Å²) in [4.78, 5) is 0. The van der Waals surface area contributed by atoms with Crippen LogP contribution in [0, 0.1) is 11.8 Å². The number of rotatable bonds is 3. The van der Waals surface area contributed by atoms with Gasteiger partial charge in [-0.15, -0.1) is 0 Å². The van der Waals surface area contributed by atoms with Crippen LogP contribution in [0.25, 0.3) is 0 Å². The summed E-state index contributed by atoms with van der Waals surface area (Å²) in [7, 11) is 0. The fraction of sp³-hybridized carbons (Fsp3) is 1.00. The fourth-order valence-corrected chi connectivity index (χ4v) is 2.32. The second-order valence-corrected chi connectivity index (χ2v) is 5.14. The van der Waals surface area contributed by atoms with E-state index >= 15 is 0 Å². The summed E-state index contributed by atoms with van der Waals surface area (Å²) >= 11 is 0. The van der Waals surface area contributed by atoms with E-state index in [2.05, 4.69) is 24.5 Å². The summed E-state index contributed by atoms with van der Waals surface area (Å²) in [6, 6.07) is 0. The first kappa shape index (κ1) is 10.4. The standard InChI is InChI=1S/C11H22N2O/c1-9-5-12-6-10(9)7-13-11(2)3-4-14-8-11/h9-10,12-13H,3-8H2,1-2H3/t9-,10+,11?/m1/s1. The molecule has 0 radical (unpaired) electrons. The van der Waals surface area contributed by atoms with Gasteiger partial charge in [-0.05, 0) is 38.3 Å². The maximum atomic E-state index is 5.42. The highest BCUT2D eigenvalue weighted by Crippen LogP contribution is 2.20. The van der Waals surface area contributed by atoms with Gasteiger partial charge in [0, 0.05) is 18.7 Å². The summed E-state index contributed by atoms with van der Waals surface area (Å²) in [5, 5.41) is 7.10. The molecule has 0 saturated carbocycles. The van der Waals surface area contributed by atoms with Crippen LogP contribution in [0.3, 0.4) is 0 Å². The van der Waals surface area contributed by atoms with Gasteiger partial charge in [-0.2, -0.15) is 0 Å². The normalized spacial score (nSPS) is 43.3. The number of hydrogen-bond acceptors (Lipinski definition) is 3. The van der Waals surface area contributed by atoms with Crippen LogP contribution in [-0.2, 0) is 4.74 Å². The van der Waals surface area contributed by atoms with Gasteiger partial charge in [0.1, 0.15) is 0 Å². The first-order valence-corrected chi connectivity index (χ1v) is 5.73. The van der Waals surface area contributed by atoms with Gasteiger partial charge in [0.2, 0.25) is 0 Å². The molecule has 0 amide bonds. The largest absolute Gasteiger partial charge is 0.379 e. The molecule has 0 aliphatic carbocycles. The van der Waals surface area contributed by atoms with Crippen molar-refractivity contribution in [2.75, 3.05) is 32.8 Å². The summed E-state index contributed by atoms with van der Waals surface area (Å²) in [6.45, 7) is 9.88. The van der Waals surface area contributed by atoms with Crippen LogP contribution in [0.2, 0.25) is 0 Å². The molecule has 0 spiro atoms. The van der Waals surface area contributed by atoms with Gasteiger partial charge in [-0.1, -0.05) is 6.92 Å². The van der Waals surface area contributed by atoms with Crippen molar-refractivity contribution in [3.63, 3.8) is 0 Å². The van der Waals surface area contributed by atoms with Crippen molar-refractivity contribution in [1.82, 2.24) is 10.6 Å². The van der Waals surface area contributed by atoms with E-state index in [9.17, 15) is 0 Å². The minimum atomic E-state index is 0.238. The number of ether oxygens (including phenoxy) is 1. The van der Waals surface area contributed by atoms with Gasteiger partial charge in [-0.25, -0.2) is 0 Å². The van der Waals surface area contributed by atoms with Gasteiger partial charge in [0.05, 0.1) is 6.61 Å². The fourth-order valence-electron chi connectivity index (χ4n) is 2.32. The lowest BCUT2D eigenvalue weighted by molar-refractivity contribution is 0.169. The molecule has 2 heterocycles. The topological polar surface area (TPSA) is 33.3 Å². The molecule has 0 aromatic carbocycles. The zero-order chi connectivity index (χ0) is 10.0. The molecule has 3 heteroatoms. The van der Waals surface area contributed by atoms with E-state index in [1.165, 1.54) is 13.1 Å². The van der Waals surface area contributed by atoms with Gasteiger partial charge in [0.25, 0.3) is 0 Å². The Bertz CT molecular complexity index is 190. The van der Waals surface area contributed by atoms with Crippen LogP contribution in [0.4, 0.5) is 0 Å². The molecule has 2 rings (SSSR count). The lowest BCUT2D eigenvalue weighted by atomic mass is 9.95. The predicted octanol–water partition coefficient (Wildman–Crippen LogP) is 0.610. The Hall–Kier alpha value is -0.120. The van der Waals surface area contributed by atoms with E-state index in [4.69, 9.17) is 4.74 Å². The lowest BCUT2D eigenvalue weighted by Gasteiger charge is -2.26. The Morgan fingerprint density at radius 3 is 2.93 bits per heavy atom. The average molecular weight is 198 g/mol. The molecule has 0 aromatic rings. The highest BCUT2D eigenvalue weighted by Gasteiger charge is 2.31. The summed E-state index contributed by atoms with van der Waals surface area (Å²) in [5.74, 6) is 1.61. The lowest BCUT2D eigenvalue weighted by Crippen LogP contribution is -2.46. The van der Waals surface area contributed by atoms with Crippen LogP contribution in [-0.4, -0.2) is 38.4 Å². The third-order valence-electron chi connectivity index (χ3n) is 3.69. The first-order chi connectivity index (χ1) is 6.70. The molecule has 2 aliphatic heterocycles. The molecule has 0 bridgehead atoms. The van der Waals surface area contributed by atoms with E-state index < -0.39 is 0 Å². The Kier molecular flexibility index (Phi) is 3.10. The van der Waals surface area contributed by atoms with Crippen molar-refractivity contribution in [1.29, 1.82) is 0 Å². The average Bonchev–Trinajstić information content (AvgIpc) is 2.73. The van der Waals surface area contributed by atoms with E-state index in [1.54, 1.807) is 0 Å². The Labute approximate surface area is 86.6 Å². The smallest absolute Gasteiger partial charge is 0.0646 e. The summed E-state index contributed by atoms with van der Waals surface area (Å²) < 4.78 is 5.42. The monoisotopic (exact) mass is 198 g/mol. The number of nitrogens with one attached hydrogen (secondary N) is 2. The summed E-state index contributed by atoms with van der Waals surface area (Å²) in [6.07, 6.45) is 1.15. The molecule has 2 N–H and O–H groups in total. The molecule has 2 saturated heterocycles. The molecule has 3 atom stereocenters. The first-order valence-electron chi connectivity index (χ1n) is 5.73. The van der Waals surface area contributed by atoms with Crippen molar-refractivity contribution in [2.24, 2.45) is 11.8 Å². The molecule has 3 nitrogen and oxygen atoms in total. The Morgan fingerprint density at radius 1 is 1.50 bits per heavy atom. The van der Waals surface area contributed by atoms with E-state index in [1.807, 2.05) is 0 Å². The second kappa shape index (κ2) is 4.17. The maximum Gasteiger partial charge on any atom is 0.0646 e. The molecule has 2 fully saturated rings. The predicted molar refractivity (Wildman–Crippen MR) is 57.4 cm³/mol. The van der Waals surface area contributed by atoms with Gasteiger partial charge < -0.3 is 15.4 Å². The molecule has 0 aromatic heterocycles. The summed E-state index contributed by atoms with van der Waals surface area (Å²) in [5.41, 5.74) is 0.238. The Balaban J connectivity index is 1.75. The molecule has 82 valence electrons. The third kappa shape index (κ3) is 2.27. The zero-order valence-electron chi connectivity index (χ0n) is 9.31. The van der Waals surface area contributed by atoms with Crippen LogP contribution in [0.15, 0.2) is 0 Å². The highest BCUT2D eigenvalue weighted by molar-refractivity contribution is 4.89. The number of hydrogen-bond donors (Lipinski definition) is 2. The van der Waals surface area contributed by atoms with E-state index in [0.29, 0.717) is 0 Å². The molecule has 14 heavy (non-hydrogen) atoms. The Morgan fingerprint density at radius 2 is 2.36 bits per heavy atom. The van der Waals surface area contributed by atoms with E-state index in [0.717, 1.165) is 38.0 Å². The van der Waals surface area contributed by atoms with Gasteiger partial charge in [-0.3, -0.25) is 0 Å². The van der Waals surface area contributed by atoms with Crippen LogP contribution >= 0.6 is 0 Å². The van der Waals surface area contributed by atoms with Gasteiger partial charge in [0.15, 0.2) is 0 Å². The molecule has 1 unspecified atom stereocenters. The molecular weight excluding hydrogens is 176 g/mol. The van der Waals surface area contributed by atoms with Crippen molar-refractivity contribution in [2.45, 2.75) is 25.8 Å². The van der Waals surface area contributed by atoms with Crippen molar-refractivity contribution in [3.8, 4) is 0 Å². The molecule has 2 aliphatic rings. The minimum absolute atomic E-state index is 0.238. The third-order valence-corrected chi connectivity index (χ3v) is 3.69. The SMILES string of the molecule is C[C@@H]1CNC[C@H]1CNC1(C)CCOC1. The van der Waals surface area contributed by atoms with Crippen molar-refractivity contribution < 1.29 is 4.74 Å². The minimum Gasteiger partial charge on any atom is -0.379 e. The molecular formula is C11H22N2O.